The zero-order chi connectivity index (χ0) is 17.1. The van der Waals surface area contributed by atoms with Crippen molar-refractivity contribution in [3.05, 3.63) is 63.8 Å². The Labute approximate surface area is 145 Å². The van der Waals surface area contributed by atoms with E-state index in [0.29, 0.717) is 22.6 Å². The second kappa shape index (κ2) is 6.76. The average molecular weight is 390 g/mol. The smallest absolute Gasteiger partial charge is 0.352 e. The molecule has 2 aromatic rings. The van der Waals surface area contributed by atoms with E-state index in [1.165, 1.54) is 6.08 Å². The van der Waals surface area contributed by atoms with Crippen LogP contribution in [0.25, 0.3) is 6.08 Å². The minimum atomic E-state index is -1.24. The van der Waals surface area contributed by atoms with Crippen LogP contribution in [0, 0.1) is 0 Å². The molecule has 0 radical (unpaired) electrons. The van der Waals surface area contributed by atoms with Crippen LogP contribution < -0.4 is 14.8 Å². The number of carboxylic acid groups (broad SMARTS) is 1. The quantitative estimate of drug-likeness (QED) is 0.785. The topological polar surface area (TPSA) is 84.9 Å². The molecule has 1 amide bonds. The Kier molecular flexibility index (Phi) is 4.52. The molecule has 0 fully saturated rings. The van der Waals surface area contributed by atoms with E-state index in [1.54, 1.807) is 42.5 Å². The molecule has 122 valence electrons. The van der Waals surface area contributed by atoms with E-state index in [0.717, 1.165) is 4.47 Å². The molecule has 1 aliphatic heterocycles. The van der Waals surface area contributed by atoms with E-state index in [1.807, 2.05) is 0 Å². The number of carbonyl (C=O) groups is 2. The van der Waals surface area contributed by atoms with Gasteiger partial charge in [0.2, 0.25) is 6.79 Å². The van der Waals surface area contributed by atoms with Gasteiger partial charge < -0.3 is 19.9 Å². The van der Waals surface area contributed by atoms with Crippen molar-refractivity contribution >= 4 is 33.9 Å². The zero-order valence-corrected chi connectivity index (χ0v) is 13.9. The number of ether oxygens (including phenoxy) is 2. The fourth-order valence-corrected chi connectivity index (χ4v) is 2.38. The van der Waals surface area contributed by atoms with E-state index in [-0.39, 0.29) is 12.5 Å². The molecular weight excluding hydrogens is 378 g/mol. The van der Waals surface area contributed by atoms with Crippen LogP contribution in [0.1, 0.15) is 15.9 Å². The molecule has 0 atom stereocenters. The SMILES string of the molecule is O=C(O)/C(=C/c1ccc2c(c1)OCO2)NC(=O)c1ccc(Br)cc1. The number of carbonyl (C=O) groups excluding carboxylic acids is 1. The summed E-state index contributed by atoms with van der Waals surface area (Å²) in [6, 6.07) is 11.6. The lowest BCUT2D eigenvalue weighted by Gasteiger charge is -2.07. The fourth-order valence-electron chi connectivity index (χ4n) is 2.12. The summed E-state index contributed by atoms with van der Waals surface area (Å²) >= 11 is 3.28. The Bertz CT molecular complexity index is 829. The first-order chi connectivity index (χ1) is 11.5. The number of amides is 1. The van der Waals surface area contributed by atoms with Crippen LogP contribution in [0.3, 0.4) is 0 Å². The molecule has 2 N–H and O–H groups in total. The molecule has 0 spiro atoms. The fraction of sp³-hybridized carbons (Fsp3) is 0.0588. The maximum absolute atomic E-state index is 12.2. The van der Waals surface area contributed by atoms with Crippen LogP contribution in [0.15, 0.2) is 52.6 Å². The first-order valence-corrected chi connectivity index (χ1v) is 7.74. The highest BCUT2D eigenvalue weighted by atomic mass is 79.9. The van der Waals surface area contributed by atoms with Gasteiger partial charge in [0.25, 0.3) is 5.91 Å². The molecule has 1 heterocycles. The van der Waals surface area contributed by atoms with Crippen LogP contribution in [0.2, 0.25) is 0 Å². The van der Waals surface area contributed by atoms with Gasteiger partial charge in [-0.3, -0.25) is 4.79 Å². The largest absolute Gasteiger partial charge is 0.477 e. The second-order valence-corrected chi connectivity index (χ2v) is 5.85. The number of hydrogen-bond acceptors (Lipinski definition) is 4. The first-order valence-electron chi connectivity index (χ1n) is 6.94. The third-order valence-corrected chi connectivity index (χ3v) is 3.82. The summed E-state index contributed by atoms with van der Waals surface area (Å²) in [6.07, 6.45) is 1.36. The summed E-state index contributed by atoms with van der Waals surface area (Å²) in [6.45, 7) is 0.134. The molecule has 6 nitrogen and oxygen atoms in total. The number of rotatable bonds is 4. The lowest BCUT2D eigenvalue weighted by Crippen LogP contribution is -2.27. The number of nitrogens with one attached hydrogen (secondary N) is 1. The standard InChI is InChI=1S/C17H12BrNO5/c18-12-4-2-11(3-5-12)16(20)19-13(17(21)22)7-10-1-6-14-15(8-10)24-9-23-14/h1-8H,9H2,(H,19,20)(H,21,22)/b13-7-. The van der Waals surface area contributed by atoms with E-state index >= 15 is 0 Å². The molecule has 0 aliphatic carbocycles. The van der Waals surface area contributed by atoms with Crippen molar-refractivity contribution in [3.8, 4) is 11.5 Å². The van der Waals surface area contributed by atoms with Gasteiger partial charge in [-0.2, -0.15) is 0 Å². The number of aliphatic carboxylic acids is 1. The van der Waals surface area contributed by atoms with Gasteiger partial charge in [0.05, 0.1) is 0 Å². The van der Waals surface area contributed by atoms with Crippen LogP contribution in [0.5, 0.6) is 11.5 Å². The van der Waals surface area contributed by atoms with Crippen molar-refractivity contribution < 1.29 is 24.2 Å². The molecule has 1 aliphatic rings. The van der Waals surface area contributed by atoms with Crippen LogP contribution >= 0.6 is 15.9 Å². The summed E-state index contributed by atoms with van der Waals surface area (Å²) in [5.74, 6) is -0.606. The van der Waals surface area contributed by atoms with Crippen molar-refractivity contribution in [1.29, 1.82) is 0 Å². The van der Waals surface area contributed by atoms with Gasteiger partial charge >= 0.3 is 5.97 Å². The van der Waals surface area contributed by atoms with E-state index in [4.69, 9.17) is 9.47 Å². The molecule has 0 aromatic heterocycles. The van der Waals surface area contributed by atoms with Gasteiger partial charge in [0, 0.05) is 10.0 Å². The molecular formula is C17H12BrNO5. The summed E-state index contributed by atoms with van der Waals surface area (Å²) < 4.78 is 11.3. The molecule has 0 saturated heterocycles. The number of fused-ring (bicyclic) bond motifs is 1. The highest BCUT2D eigenvalue weighted by molar-refractivity contribution is 9.10. The van der Waals surface area contributed by atoms with E-state index < -0.39 is 11.9 Å². The van der Waals surface area contributed by atoms with Gasteiger partial charge in [-0.15, -0.1) is 0 Å². The molecule has 0 unspecified atom stereocenters. The highest BCUT2D eigenvalue weighted by Crippen LogP contribution is 2.33. The summed E-state index contributed by atoms with van der Waals surface area (Å²) in [7, 11) is 0. The third kappa shape index (κ3) is 3.57. The summed E-state index contributed by atoms with van der Waals surface area (Å²) in [4.78, 5) is 23.6. The number of carboxylic acids is 1. The van der Waals surface area contributed by atoms with Crippen LogP contribution in [0.4, 0.5) is 0 Å². The van der Waals surface area contributed by atoms with Crippen LogP contribution in [-0.4, -0.2) is 23.8 Å². The van der Waals surface area contributed by atoms with Gasteiger partial charge in [0.15, 0.2) is 11.5 Å². The average Bonchev–Trinajstić information content (AvgIpc) is 3.02. The predicted molar refractivity (Wildman–Crippen MR) is 89.8 cm³/mol. The maximum Gasteiger partial charge on any atom is 0.352 e. The predicted octanol–water partition coefficient (Wildman–Crippen LogP) is 3.03. The summed E-state index contributed by atoms with van der Waals surface area (Å²) in [5.41, 5.74) is 0.700. The summed E-state index contributed by atoms with van der Waals surface area (Å²) in [5, 5.41) is 11.7. The Morgan fingerprint density at radius 1 is 1.08 bits per heavy atom. The Morgan fingerprint density at radius 2 is 1.79 bits per heavy atom. The maximum atomic E-state index is 12.2. The second-order valence-electron chi connectivity index (χ2n) is 4.94. The molecule has 0 bridgehead atoms. The Balaban J connectivity index is 1.83. The normalized spacial score (nSPS) is 12.8. The van der Waals surface area contributed by atoms with Gasteiger partial charge in [-0.25, -0.2) is 4.79 Å². The van der Waals surface area contributed by atoms with Crippen molar-refractivity contribution in [2.75, 3.05) is 6.79 Å². The van der Waals surface area contributed by atoms with Gasteiger partial charge in [-0.1, -0.05) is 22.0 Å². The molecule has 0 saturated carbocycles. The third-order valence-electron chi connectivity index (χ3n) is 3.29. The lowest BCUT2D eigenvalue weighted by atomic mass is 10.1. The van der Waals surface area contributed by atoms with E-state index in [2.05, 4.69) is 21.2 Å². The lowest BCUT2D eigenvalue weighted by molar-refractivity contribution is -0.132. The number of hydrogen-bond donors (Lipinski definition) is 2. The van der Waals surface area contributed by atoms with Crippen molar-refractivity contribution in [1.82, 2.24) is 5.32 Å². The number of halogens is 1. The monoisotopic (exact) mass is 389 g/mol. The Morgan fingerprint density at radius 3 is 2.50 bits per heavy atom. The molecule has 2 aromatic carbocycles. The van der Waals surface area contributed by atoms with Crippen LogP contribution in [-0.2, 0) is 4.79 Å². The Hall–Kier alpha value is -2.80. The minimum Gasteiger partial charge on any atom is -0.477 e. The van der Waals surface area contributed by atoms with E-state index in [9.17, 15) is 14.7 Å². The molecule has 7 heteroatoms. The van der Waals surface area contributed by atoms with Gasteiger partial charge in [-0.05, 0) is 48.0 Å². The first kappa shape index (κ1) is 16.1. The molecule has 24 heavy (non-hydrogen) atoms. The van der Waals surface area contributed by atoms with Crippen molar-refractivity contribution in [2.45, 2.75) is 0 Å². The highest BCUT2D eigenvalue weighted by Gasteiger charge is 2.16. The molecule has 3 rings (SSSR count). The number of benzene rings is 2. The zero-order valence-electron chi connectivity index (χ0n) is 12.3. The van der Waals surface area contributed by atoms with Crippen molar-refractivity contribution in [2.24, 2.45) is 0 Å². The van der Waals surface area contributed by atoms with Crippen molar-refractivity contribution in [3.63, 3.8) is 0 Å². The minimum absolute atomic E-state index is 0.134. The van der Waals surface area contributed by atoms with Gasteiger partial charge in [0.1, 0.15) is 5.70 Å².